The molecular formula is C17H29N3. The topological polar surface area (TPSA) is 29.9 Å². The van der Waals surface area contributed by atoms with Gasteiger partial charge in [-0.05, 0) is 63.3 Å². The average molecular weight is 275 g/mol. The van der Waals surface area contributed by atoms with Gasteiger partial charge in [-0.15, -0.1) is 0 Å². The first-order valence-electron chi connectivity index (χ1n) is 8.41. The Morgan fingerprint density at radius 2 is 2.25 bits per heavy atom. The first-order valence-corrected chi connectivity index (χ1v) is 8.41. The zero-order chi connectivity index (χ0) is 14.1. The third-order valence-electron chi connectivity index (χ3n) is 5.71. The Kier molecular flexibility index (Phi) is 4.16. The minimum atomic E-state index is 0.507. The van der Waals surface area contributed by atoms with E-state index in [4.69, 9.17) is 0 Å². The van der Waals surface area contributed by atoms with E-state index in [9.17, 15) is 0 Å². The molecule has 3 rings (SSSR count). The Labute approximate surface area is 123 Å². The highest BCUT2D eigenvalue weighted by Gasteiger charge is 2.40. The maximum Gasteiger partial charge on any atom is 0.0540 e. The van der Waals surface area contributed by atoms with Crippen molar-refractivity contribution in [3.05, 3.63) is 17.5 Å². The molecule has 3 heteroatoms. The summed E-state index contributed by atoms with van der Waals surface area (Å²) in [6, 6.07) is 0.507. The van der Waals surface area contributed by atoms with Crippen molar-refractivity contribution in [1.29, 1.82) is 0 Å². The highest BCUT2D eigenvalue weighted by molar-refractivity contribution is 5.21. The molecule has 0 radical (unpaired) electrons. The van der Waals surface area contributed by atoms with Crippen LogP contribution >= 0.6 is 0 Å². The lowest BCUT2D eigenvalue weighted by Gasteiger charge is -2.27. The zero-order valence-corrected chi connectivity index (χ0v) is 13.2. The summed E-state index contributed by atoms with van der Waals surface area (Å²) in [5, 5.41) is 8.22. The molecule has 2 bridgehead atoms. The predicted octanol–water partition coefficient (Wildman–Crippen LogP) is 3.60. The fraction of sp³-hybridized carbons (Fsp3) is 0.824. The van der Waals surface area contributed by atoms with E-state index in [0.29, 0.717) is 6.04 Å². The van der Waals surface area contributed by atoms with Gasteiger partial charge in [-0.3, -0.25) is 4.68 Å². The fourth-order valence-corrected chi connectivity index (χ4v) is 4.46. The van der Waals surface area contributed by atoms with Crippen molar-refractivity contribution in [3.8, 4) is 0 Å². The van der Waals surface area contributed by atoms with Crippen molar-refractivity contribution in [1.82, 2.24) is 15.1 Å². The molecule has 2 fully saturated rings. The minimum Gasteiger partial charge on any atom is -0.310 e. The van der Waals surface area contributed by atoms with Crippen LogP contribution in [0.2, 0.25) is 0 Å². The second-order valence-corrected chi connectivity index (χ2v) is 6.99. The van der Waals surface area contributed by atoms with Gasteiger partial charge in [0.15, 0.2) is 0 Å². The number of aryl methyl sites for hydroxylation is 1. The lowest BCUT2D eigenvalue weighted by molar-refractivity contribution is 0.279. The van der Waals surface area contributed by atoms with E-state index < -0.39 is 0 Å². The van der Waals surface area contributed by atoms with Crippen molar-refractivity contribution in [2.45, 2.75) is 58.4 Å². The van der Waals surface area contributed by atoms with Gasteiger partial charge in [-0.2, -0.15) is 5.10 Å². The molecule has 4 unspecified atom stereocenters. The SMILES string of the molecule is CCCNC(CC1CC2CCC1C2)c1cnn(C)c1C. The van der Waals surface area contributed by atoms with Crippen LogP contribution in [0.25, 0.3) is 0 Å². The lowest BCUT2D eigenvalue weighted by Crippen LogP contribution is -2.26. The van der Waals surface area contributed by atoms with Crippen molar-refractivity contribution < 1.29 is 0 Å². The first-order chi connectivity index (χ1) is 9.69. The number of aromatic nitrogens is 2. The molecule has 20 heavy (non-hydrogen) atoms. The number of hydrogen-bond acceptors (Lipinski definition) is 2. The Morgan fingerprint density at radius 1 is 1.40 bits per heavy atom. The second-order valence-electron chi connectivity index (χ2n) is 6.99. The van der Waals surface area contributed by atoms with Crippen LogP contribution in [-0.4, -0.2) is 16.3 Å². The predicted molar refractivity (Wildman–Crippen MR) is 82.5 cm³/mol. The molecule has 0 aromatic carbocycles. The summed E-state index contributed by atoms with van der Waals surface area (Å²) in [6.07, 6.45) is 10.6. The summed E-state index contributed by atoms with van der Waals surface area (Å²) in [5.74, 6) is 3.01. The van der Waals surface area contributed by atoms with Crippen LogP contribution in [0, 0.1) is 24.7 Å². The Bertz CT molecular complexity index is 451. The molecule has 1 aromatic rings. The molecule has 4 atom stereocenters. The third kappa shape index (κ3) is 2.65. The molecule has 0 spiro atoms. The second kappa shape index (κ2) is 5.88. The van der Waals surface area contributed by atoms with Crippen molar-refractivity contribution in [2.24, 2.45) is 24.8 Å². The van der Waals surface area contributed by atoms with Crippen LogP contribution in [0.4, 0.5) is 0 Å². The van der Waals surface area contributed by atoms with Gasteiger partial charge in [0.05, 0.1) is 6.20 Å². The molecule has 0 aliphatic heterocycles. The van der Waals surface area contributed by atoms with E-state index in [1.165, 1.54) is 49.8 Å². The van der Waals surface area contributed by atoms with E-state index >= 15 is 0 Å². The van der Waals surface area contributed by atoms with Gasteiger partial charge in [-0.1, -0.05) is 13.3 Å². The van der Waals surface area contributed by atoms with Crippen LogP contribution in [0.3, 0.4) is 0 Å². The first kappa shape index (κ1) is 14.1. The smallest absolute Gasteiger partial charge is 0.0540 e. The molecule has 0 amide bonds. The van der Waals surface area contributed by atoms with Crippen molar-refractivity contribution in [2.75, 3.05) is 6.54 Å². The van der Waals surface area contributed by atoms with Crippen molar-refractivity contribution in [3.63, 3.8) is 0 Å². The maximum absolute atomic E-state index is 4.44. The highest BCUT2D eigenvalue weighted by atomic mass is 15.3. The highest BCUT2D eigenvalue weighted by Crippen LogP contribution is 2.51. The Hall–Kier alpha value is -0.830. The molecule has 0 saturated heterocycles. The Morgan fingerprint density at radius 3 is 2.80 bits per heavy atom. The van der Waals surface area contributed by atoms with Crippen LogP contribution in [0.1, 0.15) is 62.7 Å². The number of nitrogens with one attached hydrogen (secondary N) is 1. The molecule has 1 aromatic heterocycles. The summed E-state index contributed by atoms with van der Waals surface area (Å²) in [7, 11) is 2.05. The van der Waals surface area contributed by atoms with Crippen LogP contribution < -0.4 is 5.32 Å². The molecular weight excluding hydrogens is 246 g/mol. The largest absolute Gasteiger partial charge is 0.310 e. The maximum atomic E-state index is 4.44. The summed E-state index contributed by atoms with van der Waals surface area (Å²) >= 11 is 0. The van der Waals surface area contributed by atoms with E-state index in [-0.39, 0.29) is 0 Å². The van der Waals surface area contributed by atoms with E-state index in [1.807, 2.05) is 11.7 Å². The molecule has 112 valence electrons. The van der Waals surface area contributed by atoms with Crippen LogP contribution in [0.5, 0.6) is 0 Å². The quantitative estimate of drug-likeness (QED) is 0.859. The van der Waals surface area contributed by atoms with Gasteiger partial charge in [0, 0.05) is 24.3 Å². The molecule has 3 nitrogen and oxygen atoms in total. The Balaban J connectivity index is 1.71. The van der Waals surface area contributed by atoms with E-state index in [1.54, 1.807) is 0 Å². The van der Waals surface area contributed by atoms with Gasteiger partial charge in [0.25, 0.3) is 0 Å². The lowest BCUT2D eigenvalue weighted by atomic mass is 9.83. The van der Waals surface area contributed by atoms with Gasteiger partial charge in [0.2, 0.25) is 0 Å². The van der Waals surface area contributed by atoms with E-state index in [2.05, 4.69) is 30.5 Å². The van der Waals surface area contributed by atoms with Gasteiger partial charge in [-0.25, -0.2) is 0 Å². The molecule has 2 aliphatic rings. The molecule has 1 N–H and O–H groups in total. The van der Waals surface area contributed by atoms with Crippen LogP contribution in [-0.2, 0) is 7.05 Å². The summed E-state index contributed by atoms with van der Waals surface area (Å²) in [6.45, 7) is 5.56. The molecule has 2 saturated carbocycles. The number of nitrogens with zero attached hydrogens (tertiary/aromatic N) is 2. The molecule has 2 aliphatic carbocycles. The normalized spacial score (nSPS) is 30.1. The monoisotopic (exact) mass is 275 g/mol. The standard InChI is InChI=1S/C17H29N3/c1-4-7-18-17(16-11-19-20(3)12(16)2)10-15-9-13-5-6-14(15)8-13/h11,13-15,17-18H,4-10H2,1-3H3. The summed E-state index contributed by atoms with van der Waals surface area (Å²) in [5.41, 5.74) is 2.74. The molecule has 1 heterocycles. The van der Waals surface area contributed by atoms with Gasteiger partial charge in [0.1, 0.15) is 0 Å². The third-order valence-corrected chi connectivity index (χ3v) is 5.71. The van der Waals surface area contributed by atoms with Crippen molar-refractivity contribution >= 4 is 0 Å². The number of hydrogen-bond donors (Lipinski definition) is 1. The summed E-state index contributed by atoms with van der Waals surface area (Å²) < 4.78 is 2.01. The average Bonchev–Trinajstić information content (AvgIpc) is 3.13. The number of fused-ring (bicyclic) bond motifs is 2. The zero-order valence-electron chi connectivity index (χ0n) is 13.2. The minimum absolute atomic E-state index is 0.507. The van der Waals surface area contributed by atoms with Gasteiger partial charge < -0.3 is 5.32 Å². The fourth-order valence-electron chi connectivity index (χ4n) is 4.46. The van der Waals surface area contributed by atoms with Gasteiger partial charge >= 0.3 is 0 Å². The van der Waals surface area contributed by atoms with Crippen LogP contribution in [0.15, 0.2) is 6.20 Å². The van der Waals surface area contributed by atoms with E-state index in [0.717, 1.165) is 24.3 Å². The number of rotatable bonds is 6. The summed E-state index contributed by atoms with van der Waals surface area (Å²) in [4.78, 5) is 0.